The lowest BCUT2D eigenvalue weighted by atomic mass is 10.1. The summed E-state index contributed by atoms with van der Waals surface area (Å²) in [7, 11) is -3.20. The number of aliphatic hydroxyl groups excluding tert-OH is 1. The molecule has 1 aromatic rings. The topological polar surface area (TPSA) is 73.7 Å². The molecular weight excluding hydrogens is 302 g/mol. The zero-order valence-electron chi connectivity index (χ0n) is 12.9. The molecule has 0 radical (unpaired) electrons. The maximum atomic E-state index is 11.9. The highest BCUT2D eigenvalue weighted by Crippen LogP contribution is 2.33. The van der Waals surface area contributed by atoms with E-state index in [1.165, 1.54) is 6.26 Å². The van der Waals surface area contributed by atoms with Crippen molar-refractivity contribution in [2.24, 2.45) is 0 Å². The smallest absolute Gasteiger partial charge is 0.211 e. The molecule has 0 spiro atoms. The van der Waals surface area contributed by atoms with Crippen LogP contribution in [0.3, 0.4) is 0 Å². The van der Waals surface area contributed by atoms with Gasteiger partial charge >= 0.3 is 0 Å². The van der Waals surface area contributed by atoms with Gasteiger partial charge < -0.3 is 10.0 Å². The first-order valence-electron chi connectivity index (χ1n) is 7.82. The molecular formula is C15H23N3O3S. The Labute approximate surface area is 131 Å². The van der Waals surface area contributed by atoms with E-state index < -0.39 is 10.0 Å². The summed E-state index contributed by atoms with van der Waals surface area (Å²) in [5.41, 5.74) is 0.826. The predicted molar refractivity (Wildman–Crippen MR) is 85.2 cm³/mol. The highest BCUT2D eigenvalue weighted by Gasteiger charge is 2.33. The van der Waals surface area contributed by atoms with Gasteiger partial charge in [0.05, 0.1) is 24.1 Å². The Balaban J connectivity index is 1.82. The van der Waals surface area contributed by atoms with Crippen LogP contribution in [0.5, 0.6) is 0 Å². The number of piperidine rings is 1. The van der Waals surface area contributed by atoms with Crippen LogP contribution in [0.2, 0.25) is 0 Å². The van der Waals surface area contributed by atoms with E-state index in [1.807, 2.05) is 18.2 Å². The van der Waals surface area contributed by atoms with Crippen LogP contribution < -0.4 is 4.90 Å². The minimum absolute atomic E-state index is 0.148. The molecule has 2 saturated heterocycles. The van der Waals surface area contributed by atoms with Gasteiger partial charge in [-0.25, -0.2) is 13.4 Å². The molecule has 1 unspecified atom stereocenters. The van der Waals surface area contributed by atoms with Crippen LogP contribution in [0.25, 0.3) is 0 Å². The van der Waals surface area contributed by atoms with Crippen LogP contribution in [0.15, 0.2) is 18.2 Å². The first kappa shape index (κ1) is 15.7. The SMILES string of the molecule is CS(=O)(=O)N1CCCC1c1cccc(N2CCC(O)CC2)n1. The second-order valence-corrected chi connectivity index (χ2v) is 8.11. The molecule has 3 heterocycles. The number of sulfonamides is 1. The Morgan fingerprint density at radius 2 is 1.91 bits per heavy atom. The molecule has 22 heavy (non-hydrogen) atoms. The summed E-state index contributed by atoms with van der Waals surface area (Å²) in [6.45, 7) is 2.15. The van der Waals surface area contributed by atoms with Gasteiger partial charge in [0, 0.05) is 19.6 Å². The highest BCUT2D eigenvalue weighted by molar-refractivity contribution is 7.88. The minimum atomic E-state index is -3.20. The summed E-state index contributed by atoms with van der Waals surface area (Å²) in [6, 6.07) is 5.67. The fourth-order valence-corrected chi connectivity index (χ4v) is 4.47. The lowest BCUT2D eigenvalue weighted by molar-refractivity contribution is 0.145. The summed E-state index contributed by atoms with van der Waals surface area (Å²) in [4.78, 5) is 6.87. The minimum Gasteiger partial charge on any atom is -0.393 e. The maximum absolute atomic E-state index is 11.9. The van der Waals surface area contributed by atoms with Crippen molar-refractivity contribution in [3.63, 3.8) is 0 Å². The van der Waals surface area contributed by atoms with Gasteiger partial charge in [-0.2, -0.15) is 4.31 Å². The monoisotopic (exact) mass is 325 g/mol. The van der Waals surface area contributed by atoms with Crippen molar-refractivity contribution in [1.82, 2.24) is 9.29 Å². The van der Waals surface area contributed by atoms with E-state index in [4.69, 9.17) is 4.98 Å². The number of aliphatic hydroxyl groups is 1. The van der Waals surface area contributed by atoms with Crippen LogP contribution in [0, 0.1) is 0 Å². The Morgan fingerprint density at radius 1 is 1.18 bits per heavy atom. The van der Waals surface area contributed by atoms with Crippen molar-refractivity contribution in [3.8, 4) is 0 Å². The molecule has 2 aliphatic heterocycles. The van der Waals surface area contributed by atoms with Gasteiger partial charge in [-0.05, 0) is 37.8 Å². The number of hydrogen-bond acceptors (Lipinski definition) is 5. The highest BCUT2D eigenvalue weighted by atomic mass is 32.2. The summed E-state index contributed by atoms with van der Waals surface area (Å²) in [6.07, 6.45) is 4.26. The summed E-state index contributed by atoms with van der Waals surface area (Å²) < 4.78 is 25.4. The molecule has 0 saturated carbocycles. The molecule has 0 bridgehead atoms. The van der Waals surface area contributed by atoms with Crippen molar-refractivity contribution in [2.45, 2.75) is 37.8 Å². The Hall–Kier alpha value is -1.18. The van der Waals surface area contributed by atoms with Gasteiger partial charge in [0.25, 0.3) is 0 Å². The van der Waals surface area contributed by atoms with E-state index in [1.54, 1.807) is 4.31 Å². The van der Waals surface area contributed by atoms with Gasteiger partial charge in [-0.3, -0.25) is 0 Å². The molecule has 1 N–H and O–H groups in total. The number of pyridine rings is 1. The largest absolute Gasteiger partial charge is 0.393 e. The molecule has 122 valence electrons. The third-order valence-electron chi connectivity index (χ3n) is 4.52. The van der Waals surface area contributed by atoms with Crippen LogP contribution in [-0.2, 0) is 10.0 Å². The zero-order valence-corrected chi connectivity index (χ0v) is 13.7. The van der Waals surface area contributed by atoms with E-state index >= 15 is 0 Å². The van der Waals surface area contributed by atoms with Crippen molar-refractivity contribution in [1.29, 1.82) is 0 Å². The van der Waals surface area contributed by atoms with E-state index in [9.17, 15) is 13.5 Å². The lowest BCUT2D eigenvalue weighted by Crippen LogP contribution is -2.36. The molecule has 3 rings (SSSR count). The van der Waals surface area contributed by atoms with Crippen LogP contribution in [0.1, 0.15) is 37.4 Å². The first-order chi connectivity index (χ1) is 10.4. The third-order valence-corrected chi connectivity index (χ3v) is 5.80. The zero-order chi connectivity index (χ0) is 15.7. The fraction of sp³-hybridized carbons (Fsp3) is 0.667. The molecule has 0 amide bonds. The van der Waals surface area contributed by atoms with E-state index in [0.29, 0.717) is 6.54 Å². The van der Waals surface area contributed by atoms with Crippen LogP contribution >= 0.6 is 0 Å². The van der Waals surface area contributed by atoms with Gasteiger partial charge in [-0.15, -0.1) is 0 Å². The Kier molecular flexibility index (Phi) is 4.38. The van der Waals surface area contributed by atoms with Crippen molar-refractivity contribution >= 4 is 15.8 Å². The fourth-order valence-electron chi connectivity index (χ4n) is 3.33. The van der Waals surface area contributed by atoms with Crippen molar-refractivity contribution < 1.29 is 13.5 Å². The van der Waals surface area contributed by atoms with Crippen molar-refractivity contribution in [2.75, 3.05) is 30.8 Å². The van der Waals surface area contributed by atoms with Gasteiger partial charge in [0.2, 0.25) is 10.0 Å². The third kappa shape index (κ3) is 3.26. The summed E-state index contributed by atoms with van der Waals surface area (Å²) >= 11 is 0. The molecule has 7 heteroatoms. The number of hydrogen-bond donors (Lipinski definition) is 1. The van der Waals surface area contributed by atoms with Crippen molar-refractivity contribution in [3.05, 3.63) is 23.9 Å². The standard InChI is InChI=1S/C15H23N3O3S/c1-22(20,21)18-9-3-5-14(18)13-4-2-6-15(16-13)17-10-7-12(19)8-11-17/h2,4,6,12,14,19H,3,5,7-11H2,1H3. The lowest BCUT2D eigenvalue weighted by Gasteiger charge is -2.31. The van der Waals surface area contributed by atoms with Crippen LogP contribution in [-0.4, -0.2) is 54.8 Å². The quantitative estimate of drug-likeness (QED) is 0.902. The molecule has 6 nitrogen and oxygen atoms in total. The van der Waals surface area contributed by atoms with E-state index in [2.05, 4.69) is 4.90 Å². The molecule has 2 aliphatic rings. The Morgan fingerprint density at radius 3 is 2.59 bits per heavy atom. The second kappa shape index (κ2) is 6.14. The normalized spacial score (nSPS) is 24.8. The molecule has 1 aromatic heterocycles. The van der Waals surface area contributed by atoms with E-state index in [-0.39, 0.29) is 12.1 Å². The first-order valence-corrected chi connectivity index (χ1v) is 9.67. The second-order valence-electron chi connectivity index (χ2n) is 6.17. The Bertz CT molecular complexity index is 627. The van der Waals surface area contributed by atoms with Gasteiger partial charge in [0.1, 0.15) is 5.82 Å². The maximum Gasteiger partial charge on any atom is 0.211 e. The number of anilines is 1. The molecule has 1 atom stereocenters. The average molecular weight is 325 g/mol. The molecule has 0 aliphatic carbocycles. The van der Waals surface area contributed by atoms with Crippen LogP contribution in [0.4, 0.5) is 5.82 Å². The number of aromatic nitrogens is 1. The average Bonchev–Trinajstić information content (AvgIpc) is 2.98. The predicted octanol–water partition coefficient (Wildman–Crippen LogP) is 1.14. The van der Waals surface area contributed by atoms with E-state index in [0.717, 1.165) is 50.3 Å². The molecule has 0 aromatic carbocycles. The van der Waals surface area contributed by atoms with Gasteiger partial charge in [-0.1, -0.05) is 6.07 Å². The summed E-state index contributed by atoms with van der Waals surface area (Å²) in [5.74, 6) is 0.879. The number of nitrogens with zero attached hydrogens (tertiary/aromatic N) is 3. The summed E-state index contributed by atoms with van der Waals surface area (Å²) in [5, 5.41) is 9.60. The van der Waals surface area contributed by atoms with Gasteiger partial charge in [0.15, 0.2) is 0 Å². The molecule has 2 fully saturated rings. The number of rotatable bonds is 3.